The summed E-state index contributed by atoms with van der Waals surface area (Å²) in [4.78, 5) is 0. The molecule has 0 saturated heterocycles. The smallest absolute Gasteiger partial charge is 0.356 e. The number of halogens is 10. The lowest BCUT2D eigenvalue weighted by atomic mass is 10.1. The summed E-state index contributed by atoms with van der Waals surface area (Å²) >= 11 is 0. The number of alkyl halides is 10. The maximum absolute atomic E-state index is 14.2. The Kier molecular flexibility index (Phi) is 6.07. The van der Waals surface area contributed by atoms with Crippen LogP contribution in [0.4, 0.5) is 49.6 Å². The van der Waals surface area contributed by atoms with E-state index in [0.29, 0.717) is 5.56 Å². The molecule has 168 valence electrons. The molecule has 3 nitrogen and oxygen atoms in total. The first kappa shape index (κ1) is 23.8. The van der Waals surface area contributed by atoms with Gasteiger partial charge in [-0.15, -0.1) is 0 Å². The normalized spacial score (nSPS) is 13.7. The topological polar surface area (TPSA) is 43.8 Å². The number of nitrogens with zero attached hydrogens (tertiary/aromatic N) is 2. The average Bonchev–Trinajstić information content (AvgIpc) is 3.09. The molecule has 0 aliphatic carbocycles. The summed E-state index contributed by atoms with van der Waals surface area (Å²) in [6, 6.07) is 3.42. The van der Waals surface area contributed by atoms with Gasteiger partial charge in [0.25, 0.3) is 0 Å². The van der Waals surface area contributed by atoms with Crippen molar-refractivity contribution in [2.75, 3.05) is 19.1 Å². The average molecular weight is 451 g/mol. The number of benzene rings is 1. The molecule has 0 aliphatic rings. The fourth-order valence-electron chi connectivity index (χ4n) is 2.50. The minimum absolute atomic E-state index is 0.0672. The summed E-state index contributed by atoms with van der Waals surface area (Å²) in [6.45, 7) is -5.07. The zero-order chi connectivity index (χ0) is 23.1. The van der Waals surface area contributed by atoms with Gasteiger partial charge in [-0.3, -0.25) is 4.68 Å². The van der Waals surface area contributed by atoms with Crippen molar-refractivity contribution in [1.82, 2.24) is 9.78 Å². The molecule has 0 aliphatic heterocycles. The summed E-state index contributed by atoms with van der Waals surface area (Å²) in [5, 5.41) is 2.91. The molecule has 0 radical (unpaired) electrons. The summed E-state index contributed by atoms with van der Waals surface area (Å²) in [6.07, 6.45) is 0. The van der Waals surface area contributed by atoms with E-state index < -0.39 is 61.0 Å². The number of aromatic nitrogens is 2. The second-order valence-electron chi connectivity index (χ2n) is 6.59. The third-order valence-electron chi connectivity index (χ3n) is 4.34. The first-order valence-corrected chi connectivity index (χ1v) is 8.17. The molecule has 13 heteroatoms. The van der Waals surface area contributed by atoms with E-state index in [1.165, 1.54) is 25.1 Å². The van der Waals surface area contributed by atoms with Crippen LogP contribution in [-0.2, 0) is 18.4 Å². The van der Waals surface area contributed by atoms with E-state index in [2.05, 4.69) is 5.10 Å². The fourth-order valence-corrected chi connectivity index (χ4v) is 2.50. The van der Waals surface area contributed by atoms with Crippen LogP contribution in [0.5, 0.6) is 0 Å². The van der Waals surface area contributed by atoms with E-state index >= 15 is 0 Å². The molecule has 2 aromatic rings. The molecule has 30 heavy (non-hydrogen) atoms. The maximum atomic E-state index is 14.2. The fraction of sp³-hybridized carbons (Fsp3) is 0.471. The zero-order valence-electron chi connectivity index (χ0n) is 15.2. The van der Waals surface area contributed by atoms with Gasteiger partial charge in [-0.05, 0) is 30.2 Å². The molecule has 0 spiro atoms. The van der Waals surface area contributed by atoms with Crippen LogP contribution < -0.4 is 5.73 Å². The van der Waals surface area contributed by atoms with Crippen molar-refractivity contribution in [3.05, 3.63) is 46.8 Å². The molecule has 2 N–H and O–H groups in total. The Labute approximate surface area is 163 Å². The zero-order valence-corrected chi connectivity index (χ0v) is 15.2. The highest BCUT2D eigenvalue weighted by molar-refractivity contribution is 5.47. The number of rotatable bonds is 8. The number of nitrogen functional groups attached to an aromatic ring is 1. The highest BCUT2D eigenvalue weighted by Gasteiger charge is 2.63. The Hall–Kier alpha value is -2.47. The van der Waals surface area contributed by atoms with E-state index in [4.69, 9.17) is 5.73 Å². The molecule has 1 aromatic heterocycles. The third-order valence-corrected chi connectivity index (χ3v) is 4.34. The van der Waals surface area contributed by atoms with Gasteiger partial charge >= 0.3 is 23.7 Å². The SMILES string of the molecule is Cc1cc(Cn2nc(C(F)(F)C(F)(F)CF)cc2C(F)(F)C(F)(F)CF)ccc1N. The van der Waals surface area contributed by atoms with Crippen LogP contribution in [0, 0.1) is 6.92 Å². The van der Waals surface area contributed by atoms with Gasteiger partial charge in [0.05, 0.1) is 6.54 Å². The van der Waals surface area contributed by atoms with Crippen molar-refractivity contribution >= 4 is 5.69 Å². The van der Waals surface area contributed by atoms with Crippen LogP contribution in [0.3, 0.4) is 0 Å². The number of nitrogens with two attached hydrogens (primary N) is 1. The maximum Gasteiger partial charge on any atom is 0.356 e. The highest BCUT2D eigenvalue weighted by Crippen LogP contribution is 2.47. The van der Waals surface area contributed by atoms with Crippen molar-refractivity contribution in [2.24, 2.45) is 0 Å². The third kappa shape index (κ3) is 3.93. The lowest BCUT2D eigenvalue weighted by Gasteiger charge is -2.24. The van der Waals surface area contributed by atoms with Crippen molar-refractivity contribution < 1.29 is 43.9 Å². The molecule has 1 aromatic carbocycles. The Morgan fingerprint density at radius 2 is 1.40 bits per heavy atom. The molecule has 0 saturated carbocycles. The molecule has 0 atom stereocenters. The molecule has 0 amide bonds. The predicted octanol–water partition coefficient (Wildman–Crippen LogP) is 5.22. The van der Waals surface area contributed by atoms with Crippen molar-refractivity contribution in [2.45, 2.75) is 37.2 Å². The monoisotopic (exact) mass is 451 g/mol. The molecule has 0 unspecified atom stereocenters. The largest absolute Gasteiger partial charge is 0.399 e. The van der Waals surface area contributed by atoms with Crippen LogP contribution in [0.2, 0.25) is 0 Å². The Morgan fingerprint density at radius 3 is 1.90 bits per heavy atom. The van der Waals surface area contributed by atoms with Crippen LogP contribution in [0.1, 0.15) is 22.5 Å². The minimum Gasteiger partial charge on any atom is -0.399 e. The van der Waals surface area contributed by atoms with Gasteiger partial charge in [0, 0.05) is 5.69 Å². The van der Waals surface area contributed by atoms with Crippen LogP contribution in [-0.4, -0.2) is 35.0 Å². The minimum atomic E-state index is -5.40. The number of hydrogen-bond acceptors (Lipinski definition) is 2. The molecule has 0 fully saturated rings. The van der Waals surface area contributed by atoms with Crippen LogP contribution >= 0.6 is 0 Å². The highest BCUT2D eigenvalue weighted by atomic mass is 19.3. The van der Waals surface area contributed by atoms with Gasteiger partial charge in [0.15, 0.2) is 13.3 Å². The Morgan fingerprint density at radius 1 is 0.867 bits per heavy atom. The van der Waals surface area contributed by atoms with Crippen LogP contribution in [0.15, 0.2) is 24.3 Å². The van der Waals surface area contributed by atoms with E-state index in [1.54, 1.807) is 0 Å². The second kappa shape index (κ2) is 7.65. The first-order chi connectivity index (χ1) is 13.6. The molecular weight excluding hydrogens is 436 g/mol. The number of anilines is 1. The lowest BCUT2D eigenvalue weighted by Crippen LogP contribution is -2.41. The predicted molar refractivity (Wildman–Crippen MR) is 86.6 cm³/mol. The molecular formula is C17H15F10N3. The summed E-state index contributed by atoms with van der Waals surface area (Å²) in [5.41, 5.74) is 2.32. The Balaban J connectivity index is 2.66. The van der Waals surface area contributed by atoms with Gasteiger partial charge in [-0.2, -0.15) is 40.2 Å². The van der Waals surface area contributed by atoms with E-state index in [-0.39, 0.29) is 15.9 Å². The van der Waals surface area contributed by atoms with Gasteiger partial charge in [0.1, 0.15) is 11.4 Å². The van der Waals surface area contributed by atoms with Gasteiger partial charge < -0.3 is 5.73 Å². The first-order valence-electron chi connectivity index (χ1n) is 8.17. The van der Waals surface area contributed by atoms with E-state index in [1.807, 2.05) is 0 Å². The Bertz CT molecular complexity index is 907. The molecule has 0 bridgehead atoms. The lowest BCUT2D eigenvalue weighted by molar-refractivity contribution is -0.226. The summed E-state index contributed by atoms with van der Waals surface area (Å²) in [7, 11) is 0. The van der Waals surface area contributed by atoms with Crippen LogP contribution in [0.25, 0.3) is 0 Å². The molecule has 2 rings (SSSR count). The van der Waals surface area contributed by atoms with Crippen molar-refractivity contribution in [3.8, 4) is 0 Å². The van der Waals surface area contributed by atoms with E-state index in [0.717, 1.165) is 0 Å². The van der Waals surface area contributed by atoms with Gasteiger partial charge in [0.2, 0.25) is 0 Å². The van der Waals surface area contributed by atoms with Crippen molar-refractivity contribution in [1.29, 1.82) is 0 Å². The second-order valence-corrected chi connectivity index (χ2v) is 6.59. The molecule has 1 heterocycles. The quantitative estimate of drug-likeness (QED) is 0.442. The number of aryl methyl sites for hydroxylation is 1. The summed E-state index contributed by atoms with van der Waals surface area (Å²) < 4.78 is 135. The standard InChI is InChI=1S/C17H15F10N3/c1-9-4-10(2-3-11(9)28)6-30-13(17(26,27)15(22,23)8-19)5-12(29-30)16(24,25)14(20,21)7-18/h2-5H,6-8,28H2,1H3. The van der Waals surface area contributed by atoms with Gasteiger partial charge in [-0.1, -0.05) is 12.1 Å². The number of hydrogen-bond donors (Lipinski definition) is 1. The van der Waals surface area contributed by atoms with Gasteiger partial charge in [-0.25, -0.2) is 8.78 Å². The van der Waals surface area contributed by atoms with E-state index in [9.17, 15) is 43.9 Å². The van der Waals surface area contributed by atoms with Crippen molar-refractivity contribution in [3.63, 3.8) is 0 Å². The summed E-state index contributed by atoms with van der Waals surface area (Å²) in [5.74, 6) is -21.5.